The Morgan fingerprint density at radius 1 is 1.18 bits per heavy atom. The molecule has 0 aliphatic heterocycles. The summed E-state index contributed by atoms with van der Waals surface area (Å²) >= 11 is 1.27. The first-order valence-electron chi connectivity index (χ1n) is 6.47. The lowest BCUT2D eigenvalue weighted by molar-refractivity contribution is 0.0957. The molecule has 0 spiro atoms. The highest BCUT2D eigenvalue weighted by Gasteiger charge is 2.13. The summed E-state index contributed by atoms with van der Waals surface area (Å²) in [6.07, 6.45) is 3.35. The van der Waals surface area contributed by atoms with Gasteiger partial charge in [0.1, 0.15) is 5.69 Å². The van der Waals surface area contributed by atoms with Gasteiger partial charge in [0.25, 0.3) is 11.8 Å². The van der Waals surface area contributed by atoms with E-state index in [0.717, 1.165) is 15.8 Å². The molecule has 0 aliphatic carbocycles. The van der Waals surface area contributed by atoms with Crippen LogP contribution in [0.25, 0.3) is 21.3 Å². The van der Waals surface area contributed by atoms with Crippen LogP contribution in [0.4, 0.5) is 0 Å². The first kappa shape index (κ1) is 14.2. The molecule has 0 radical (unpaired) electrons. The number of hydrogen-bond acceptors (Lipinski definition) is 5. The Hall–Kier alpha value is -2.80. The molecule has 0 saturated carbocycles. The SMILES string of the molecule is CNC(=O)c1ccc2cncc(-c3ccc(C(N)=O)s3)c2n1. The molecule has 110 valence electrons. The third-order valence-electron chi connectivity index (χ3n) is 3.17. The fraction of sp³-hybridized carbons (Fsp3) is 0.0667. The highest BCUT2D eigenvalue weighted by Crippen LogP contribution is 2.32. The largest absolute Gasteiger partial charge is 0.365 e. The van der Waals surface area contributed by atoms with Crippen LogP contribution in [0.5, 0.6) is 0 Å². The van der Waals surface area contributed by atoms with E-state index >= 15 is 0 Å². The van der Waals surface area contributed by atoms with Crippen molar-refractivity contribution in [3.05, 3.63) is 47.2 Å². The first-order chi connectivity index (χ1) is 10.6. The first-order valence-corrected chi connectivity index (χ1v) is 7.28. The Morgan fingerprint density at radius 3 is 2.68 bits per heavy atom. The van der Waals surface area contributed by atoms with Gasteiger partial charge in [-0.1, -0.05) is 0 Å². The van der Waals surface area contributed by atoms with E-state index in [4.69, 9.17) is 5.73 Å². The predicted octanol–water partition coefficient (Wildman–Crippen LogP) is 1.82. The van der Waals surface area contributed by atoms with Crippen molar-refractivity contribution >= 4 is 34.1 Å². The van der Waals surface area contributed by atoms with E-state index < -0.39 is 5.91 Å². The third kappa shape index (κ3) is 2.42. The van der Waals surface area contributed by atoms with Gasteiger partial charge < -0.3 is 11.1 Å². The maximum absolute atomic E-state index is 11.8. The minimum atomic E-state index is -0.469. The molecule has 0 bridgehead atoms. The molecular weight excluding hydrogens is 300 g/mol. The van der Waals surface area contributed by atoms with Crippen molar-refractivity contribution < 1.29 is 9.59 Å². The molecule has 3 heterocycles. The molecule has 2 amide bonds. The van der Waals surface area contributed by atoms with Crippen LogP contribution in [0.15, 0.2) is 36.7 Å². The van der Waals surface area contributed by atoms with Gasteiger partial charge in [-0.2, -0.15) is 0 Å². The zero-order valence-corrected chi connectivity index (χ0v) is 12.5. The second-order valence-corrected chi connectivity index (χ2v) is 5.65. The number of carbonyl (C=O) groups excluding carboxylic acids is 2. The summed E-state index contributed by atoms with van der Waals surface area (Å²) in [6, 6.07) is 6.92. The molecule has 0 atom stereocenters. The number of carbonyl (C=O) groups is 2. The van der Waals surface area contributed by atoms with Gasteiger partial charge in [-0.25, -0.2) is 4.98 Å². The van der Waals surface area contributed by atoms with Crippen LogP contribution in [0, 0.1) is 0 Å². The number of rotatable bonds is 3. The predicted molar refractivity (Wildman–Crippen MR) is 84.8 cm³/mol. The number of nitrogens with two attached hydrogens (primary N) is 1. The molecule has 0 aromatic carbocycles. The fourth-order valence-corrected chi connectivity index (χ4v) is 2.96. The van der Waals surface area contributed by atoms with Crippen LogP contribution in [0.3, 0.4) is 0 Å². The second-order valence-electron chi connectivity index (χ2n) is 4.56. The van der Waals surface area contributed by atoms with Crippen molar-refractivity contribution in [3.63, 3.8) is 0 Å². The zero-order chi connectivity index (χ0) is 15.7. The lowest BCUT2D eigenvalue weighted by Crippen LogP contribution is -2.19. The number of nitrogens with zero attached hydrogens (tertiary/aromatic N) is 2. The van der Waals surface area contributed by atoms with Gasteiger partial charge in [0.2, 0.25) is 0 Å². The molecule has 22 heavy (non-hydrogen) atoms. The molecule has 3 N–H and O–H groups in total. The third-order valence-corrected chi connectivity index (χ3v) is 4.31. The van der Waals surface area contributed by atoms with E-state index in [0.29, 0.717) is 16.1 Å². The second kappa shape index (κ2) is 5.53. The standard InChI is InChI=1S/C15H12N4O2S/c1-17-15(21)10-3-2-8-6-18-7-9(13(8)19-10)11-4-5-12(22-11)14(16)20/h2-7H,1H3,(H2,16,20)(H,17,21). The normalized spacial score (nSPS) is 10.6. The van der Waals surface area contributed by atoms with E-state index in [2.05, 4.69) is 15.3 Å². The summed E-state index contributed by atoms with van der Waals surface area (Å²) in [4.78, 5) is 32.9. The molecule has 0 saturated heterocycles. The van der Waals surface area contributed by atoms with Crippen LogP contribution in [0.2, 0.25) is 0 Å². The average Bonchev–Trinajstić information content (AvgIpc) is 3.03. The smallest absolute Gasteiger partial charge is 0.269 e. The molecule has 3 aromatic rings. The minimum absolute atomic E-state index is 0.256. The van der Waals surface area contributed by atoms with Gasteiger partial charge in [0, 0.05) is 35.3 Å². The lowest BCUT2D eigenvalue weighted by atomic mass is 10.1. The van der Waals surface area contributed by atoms with E-state index in [1.807, 2.05) is 0 Å². The molecule has 3 aromatic heterocycles. The van der Waals surface area contributed by atoms with E-state index in [1.165, 1.54) is 11.3 Å². The minimum Gasteiger partial charge on any atom is -0.365 e. The van der Waals surface area contributed by atoms with Crippen LogP contribution >= 0.6 is 11.3 Å². The lowest BCUT2D eigenvalue weighted by Gasteiger charge is -2.05. The number of hydrogen-bond donors (Lipinski definition) is 2. The molecule has 0 aliphatic rings. The van der Waals surface area contributed by atoms with Crippen molar-refractivity contribution in [3.8, 4) is 10.4 Å². The Kier molecular flexibility index (Phi) is 3.56. The van der Waals surface area contributed by atoms with Crippen molar-refractivity contribution in [2.24, 2.45) is 5.73 Å². The maximum Gasteiger partial charge on any atom is 0.269 e. The fourth-order valence-electron chi connectivity index (χ4n) is 2.09. The molecule has 0 fully saturated rings. The average molecular weight is 312 g/mol. The van der Waals surface area contributed by atoms with Crippen LogP contribution in [0.1, 0.15) is 20.2 Å². The van der Waals surface area contributed by atoms with E-state index in [1.54, 1.807) is 43.7 Å². The monoisotopic (exact) mass is 312 g/mol. The number of amides is 2. The number of aromatic nitrogens is 2. The Balaban J connectivity index is 2.19. The van der Waals surface area contributed by atoms with Gasteiger partial charge >= 0.3 is 0 Å². The quantitative estimate of drug-likeness (QED) is 0.770. The van der Waals surface area contributed by atoms with Gasteiger partial charge in [-0.05, 0) is 24.3 Å². The summed E-state index contributed by atoms with van der Waals surface area (Å²) < 4.78 is 0. The summed E-state index contributed by atoms with van der Waals surface area (Å²) in [7, 11) is 1.56. The zero-order valence-electron chi connectivity index (χ0n) is 11.7. The Bertz CT molecular complexity index is 888. The van der Waals surface area contributed by atoms with E-state index in [-0.39, 0.29) is 5.91 Å². The summed E-state index contributed by atoms with van der Waals surface area (Å²) in [5.74, 6) is -0.725. The summed E-state index contributed by atoms with van der Waals surface area (Å²) in [6.45, 7) is 0. The molecule has 3 rings (SSSR count). The summed E-state index contributed by atoms with van der Waals surface area (Å²) in [5, 5.41) is 3.37. The molecule has 7 heteroatoms. The molecule has 0 unspecified atom stereocenters. The van der Waals surface area contributed by atoms with Gasteiger partial charge in [0.05, 0.1) is 10.4 Å². The number of pyridine rings is 2. The highest BCUT2D eigenvalue weighted by molar-refractivity contribution is 7.17. The maximum atomic E-state index is 11.8. The van der Waals surface area contributed by atoms with Crippen LogP contribution in [-0.2, 0) is 0 Å². The molecular formula is C15H12N4O2S. The Labute approximate surface area is 130 Å². The highest BCUT2D eigenvalue weighted by atomic mass is 32.1. The number of nitrogens with one attached hydrogen (secondary N) is 1. The number of fused-ring (bicyclic) bond motifs is 1. The van der Waals surface area contributed by atoms with Gasteiger partial charge in [-0.15, -0.1) is 11.3 Å². The van der Waals surface area contributed by atoms with Crippen molar-refractivity contribution in [2.45, 2.75) is 0 Å². The van der Waals surface area contributed by atoms with Crippen molar-refractivity contribution in [2.75, 3.05) is 7.05 Å². The van der Waals surface area contributed by atoms with E-state index in [9.17, 15) is 9.59 Å². The molecule has 6 nitrogen and oxygen atoms in total. The van der Waals surface area contributed by atoms with Gasteiger partial charge in [0.15, 0.2) is 0 Å². The van der Waals surface area contributed by atoms with Crippen LogP contribution < -0.4 is 11.1 Å². The number of primary amides is 1. The van der Waals surface area contributed by atoms with Crippen molar-refractivity contribution in [1.82, 2.24) is 15.3 Å². The Morgan fingerprint density at radius 2 is 2.00 bits per heavy atom. The number of thiophene rings is 1. The topological polar surface area (TPSA) is 98.0 Å². The summed E-state index contributed by atoms with van der Waals surface area (Å²) in [5.41, 5.74) is 7.04. The van der Waals surface area contributed by atoms with Crippen LogP contribution in [-0.4, -0.2) is 28.8 Å². The van der Waals surface area contributed by atoms with Crippen molar-refractivity contribution in [1.29, 1.82) is 0 Å². The van der Waals surface area contributed by atoms with Gasteiger partial charge in [-0.3, -0.25) is 14.6 Å².